The van der Waals surface area contributed by atoms with Crippen molar-refractivity contribution in [1.82, 2.24) is 9.97 Å². The molecule has 112 valence electrons. The fourth-order valence-corrected chi connectivity index (χ4v) is 2.40. The Balaban J connectivity index is 2.25. The number of rotatable bonds is 5. The minimum absolute atomic E-state index is 0.0146. The molecule has 0 saturated heterocycles. The van der Waals surface area contributed by atoms with Crippen LogP contribution in [0, 0.1) is 0 Å². The third-order valence-corrected chi connectivity index (χ3v) is 3.79. The second-order valence-electron chi connectivity index (χ2n) is 4.10. The molecule has 0 aliphatic carbocycles. The lowest BCUT2D eigenvalue weighted by atomic mass is 10.2. The Morgan fingerprint density at radius 2 is 2.10 bits per heavy atom. The monoisotopic (exact) mass is 328 g/mol. The van der Waals surface area contributed by atoms with Gasteiger partial charge in [-0.15, -0.1) is 0 Å². The summed E-state index contributed by atoms with van der Waals surface area (Å²) >= 11 is 5.76. The first-order chi connectivity index (χ1) is 9.90. The van der Waals surface area contributed by atoms with E-state index in [4.69, 9.17) is 21.5 Å². The Bertz CT molecular complexity index is 752. The van der Waals surface area contributed by atoms with E-state index in [0.29, 0.717) is 28.8 Å². The quantitative estimate of drug-likeness (QED) is 0.803. The van der Waals surface area contributed by atoms with E-state index >= 15 is 0 Å². The van der Waals surface area contributed by atoms with Gasteiger partial charge in [0.2, 0.25) is 10.0 Å². The summed E-state index contributed by atoms with van der Waals surface area (Å²) in [5, 5.41) is 8.42. The van der Waals surface area contributed by atoms with E-state index in [1.54, 1.807) is 12.1 Å². The van der Waals surface area contributed by atoms with Gasteiger partial charge < -0.3 is 10.1 Å². The van der Waals surface area contributed by atoms with Crippen molar-refractivity contribution in [1.29, 1.82) is 0 Å². The van der Waals surface area contributed by atoms with E-state index in [2.05, 4.69) is 15.3 Å². The molecule has 0 atom stereocenters. The molecule has 0 unspecified atom stereocenters. The predicted octanol–water partition coefficient (Wildman–Crippen LogP) is 1.40. The zero-order valence-electron chi connectivity index (χ0n) is 11.1. The fourth-order valence-electron chi connectivity index (χ4n) is 1.69. The van der Waals surface area contributed by atoms with Crippen LogP contribution in [0.2, 0.25) is 5.15 Å². The summed E-state index contributed by atoms with van der Waals surface area (Å²) in [6, 6.07) is 5.93. The number of ether oxygens (including phenoxy) is 1. The Morgan fingerprint density at radius 3 is 2.71 bits per heavy atom. The number of primary sulfonamides is 1. The molecular formula is C12H13ClN4O3S. The van der Waals surface area contributed by atoms with Crippen LogP contribution >= 0.6 is 11.6 Å². The molecule has 0 aliphatic heterocycles. The molecule has 7 nitrogen and oxygen atoms in total. The Hall–Kier alpha value is -1.90. The Labute approximate surface area is 127 Å². The van der Waals surface area contributed by atoms with Crippen LogP contribution < -0.4 is 15.2 Å². The summed E-state index contributed by atoms with van der Waals surface area (Å²) in [5.41, 5.74) is 0.624. The summed E-state index contributed by atoms with van der Waals surface area (Å²) in [7, 11) is -2.27. The highest BCUT2D eigenvalue weighted by atomic mass is 35.5. The first kappa shape index (κ1) is 15.5. The van der Waals surface area contributed by atoms with Crippen LogP contribution in [0.15, 0.2) is 35.5 Å². The van der Waals surface area contributed by atoms with E-state index in [0.717, 1.165) is 0 Å². The molecule has 1 aromatic carbocycles. The molecule has 9 heteroatoms. The summed E-state index contributed by atoms with van der Waals surface area (Å²) in [6.45, 7) is 0.292. The number of nitrogens with zero attached hydrogens (tertiary/aromatic N) is 2. The van der Waals surface area contributed by atoms with E-state index in [9.17, 15) is 8.42 Å². The third-order valence-electron chi connectivity index (χ3n) is 2.67. The molecule has 0 fully saturated rings. The van der Waals surface area contributed by atoms with Crippen LogP contribution in [0.4, 0.5) is 5.82 Å². The number of aromatic nitrogens is 2. The number of anilines is 1. The number of nitrogens with two attached hydrogens (primary N) is 1. The standard InChI is InChI=1S/C12H13ClN4O3S/c1-20-10-3-2-9(21(14,18)19)4-8(10)6-15-12-5-11(13)16-7-17-12/h2-5,7H,6H2,1H3,(H2,14,18,19)(H,15,16,17). The maximum absolute atomic E-state index is 11.4. The fraction of sp³-hybridized carbons (Fsp3) is 0.167. The van der Waals surface area contributed by atoms with E-state index in [-0.39, 0.29) is 4.90 Å². The second-order valence-corrected chi connectivity index (χ2v) is 6.05. The molecular weight excluding hydrogens is 316 g/mol. The zero-order valence-corrected chi connectivity index (χ0v) is 12.6. The average molecular weight is 329 g/mol. The van der Waals surface area contributed by atoms with Gasteiger partial charge in [0.15, 0.2) is 0 Å². The number of hydrogen-bond acceptors (Lipinski definition) is 6. The van der Waals surface area contributed by atoms with Crippen LogP contribution in [0.3, 0.4) is 0 Å². The second kappa shape index (κ2) is 6.25. The smallest absolute Gasteiger partial charge is 0.238 e. The van der Waals surface area contributed by atoms with Crippen molar-refractivity contribution in [3.63, 3.8) is 0 Å². The maximum atomic E-state index is 11.4. The largest absolute Gasteiger partial charge is 0.496 e. The average Bonchev–Trinajstić information content (AvgIpc) is 2.44. The van der Waals surface area contributed by atoms with Crippen LogP contribution in [-0.2, 0) is 16.6 Å². The molecule has 0 spiro atoms. The van der Waals surface area contributed by atoms with Crippen molar-refractivity contribution >= 4 is 27.4 Å². The Morgan fingerprint density at radius 1 is 1.33 bits per heavy atom. The van der Waals surface area contributed by atoms with E-state index in [1.807, 2.05) is 0 Å². The lowest BCUT2D eigenvalue weighted by molar-refractivity contribution is 0.410. The molecule has 0 radical (unpaired) electrons. The number of benzene rings is 1. The maximum Gasteiger partial charge on any atom is 0.238 e. The van der Waals surface area contributed by atoms with Crippen LogP contribution in [0.1, 0.15) is 5.56 Å². The summed E-state index contributed by atoms with van der Waals surface area (Å²) < 4.78 is 28.0. The third kappa shape index (κ3) is 4.03. The highest BCUT2D eigenvalue weighted by molar-refractivity contribution is 7.89. The van der Waals surface area contributed by atoms with Gasteiger partial charge in [-0.3, -0.25) is 0 Å². The van der Waals surface area contributed by atoms with E-state index in [1.165, 1.54) is 25.6 Å². The van der Waals surface area contributed by atoms with Gasteiger partial charge in [0.1, 0.15) is 23.0 Å². The minimum Gasteiger partial charge on any atom is -0.496 e. The van der Waals surface area contributed by atoms with Crippen molar-refractivity contribution in [2.45, 2.75) is 11.4 Å². The van der Waals surface area contributed by atoms with Crippen molar-refractivity contribution in [2.24, 2.45) is 5.14 Å². The molecule has 1 aromatic heterocycles. The normalized spacial score (nSPS) is 11.2. The Kier molecular flexibility index (Phi) is 4.61. The predicted molar refractivity (Wildman–Crippen MR) is 78.7 cm³/mol. The highest BCUT2D eigenvalue weighted by Crippen LogP contribution is 2.23. The summed E-state index contributed by atoms with van der Waals surface area (Å²) in [4.78, 5) is 7.77. The van der Waals surface area contributed by atoms with Gasteiger partial charge in [-0.25, -0.2) is 23.5 Å². The molecule has 0 aliphatic rings. The van der Waals surface area contributed by atoms with Crippen LogP contribution in [0.25, 0.3) is 0 Å². The minimum atomic E-state index is -3.77. The highest BCUT2D eigenvalue weighted by Gasteiger charge is 2.12. The number of nitrogens with one attached hydrogen (secondary N) is 1. The van der Waals surface area contributed by atoms with E-state index < -0.39 is 10.0 Å². The van der Waals surface area contributed by atoms with Crippen molar-refractivity contribution < 1.29 is 13.2 Å². The van der Waals surface area contributed by atoms with Gasteiger partial charge in [-0.1, -0.05) is 11.6 Å². The van der Waals surface area contributed by atoms with Gasteiger partial charge in [0.25, 0.3) is 0 Å². The number of methoxy groups -OCH3 is 1. The number of sulfonamides is 1. The number of halogens is 1. The first-order valence-electron chi connectivity index (χ1n) is 5.81. The zero-order chi connectivity index (χ0) is 15.5. The topological polar surface area (TPSA) is 107 Å². The van der Waals surface area contributed by atoms with Crippen molar-refractivity contribution in [3.8, 4) is 5.75 Å². The molecule has 3 N–H and O–H groups in total. The van der Waals surface area contributed by atoms with Gasteiger partial charge in [-0.05, 0) is 18.2 Å². The lowest BCUT2D eigenvalue weighted by Gasteiger charge is -2.11. The molecule has 2 aromatic rings. The van der Waals surface area contributed by atoms with Crippen LogP contribution in [-0.4, -0.2) is 25.5 Å². The molecule has 0 amide bonds. The van der Waals surface area contributed by atoms with Gasteiger partial charge in [0.05, 0.1) is 12.0 Å². The van der Waals surface area contributed by atoms with Crippen molar-refractivity contribution in [2.75, 3.05) is 12.4 Å². The van der Waals surface area contributed by atoms with Gasteiger partial charge >= 0.3 is 0 Å². The first-order valence-corrected chi connectivity index (χ1v) is 7.73. The van der Waals surface area contributed by atoms with Crippen molar-refractivity contribution in [3.05, 3.63) is 41.3 Å². The summed E-state index contributed by atoms with van der Waals surface area (Å²) in [5.74, 6) is 1.05. The molecule has 21 heavy (non-hydrogen) atoms. The van der Waals surface area contributed by atoms with Gasteiger partial charge in [0, 0.05) is 18.2 Å². The van der Waals surface area contributed by atoms with Crippen LogP contribution in [0.5, 0.6) is 5.75 Å². The molecule has 0 bridgehead atoms. The number of hydrogen-bond donors (Lipinski definition) is 2. The SMILES string of the molecule is COc1ccc(S(N)(=O)=O)cc1CNc1cc(Cl)ncn1. The summed E-state index contributed by atoms with van der Waals surface area (Å²) in [6.07, 6.45) is 1.32. The lowest BCUT2D eigenvalue weighted by Crippen LogP contribution is -2.13. The molecule has 2 rings (SSSR count). The molecule has 0 saturated carbocycles. The van der Waals surface area contributed by atoms with Gasteiger partial charge in [-0.2, -0.15) is 0 Å². The molecule has 1 heterocycles.